The molecule has 68 valence electrons. The molecule has 0 aromatic heterocycles. The van der Waals surface area contributed by atoms with Crippen molar-refractivity contribution in [1.29, 1.82) is 0 Å². The van der Waals surface area contributed by atoms with Crippen molar-refractivity contribution >= 4 is 135 Å². The second-order valence-electron chi connectivity index (χ2n) is 0.950. The predicted octanol–water partition coefficient (Wildman–Crippen LogP) is -1.76. The number of aliphatic hydroxyl groups excluding tert-OH is 1. The molecule has 0 aliphatic heterocycles. The molecule has 2 unspecified atom stereocenters. The van der Waals surface area contributed by atoms with Crippen LogP contribution in [0.15, 0.2) is 0 Å². The molecule has 0 bridgehead atoms. The van der Waals surface area contributed by atoms with Gasteiger partial charge in [0.05, 0.1) is 0 Å². The van der Waals surface area contributed by atoms with Gasteiger partial charge in [-0.15, -0.1) is 0 Å². The predicted molar refractivity (Wildman–Crippen MR) is 59.3 cm³/mol. The van der Waals surface area contributed by atoms with E-state index >= 15 is 0 Å². The quantitative estimate of drug-likeness (QED) is 0.410. The van der Waals surface area contributed by atoms with Crippen molar-refractivity contribution in [2.45, 2.75) is 6.92 Å². The van der Waals surface area contributed by atoms with Crippen molar-refractivity contribution < 1.29 is 28.3 Å². The minimum absolute atomic E-state index is 0. The first-order valence-electron chi connectivity index (χ1n) is 2.29. The van der Waals surface area contributed by atoms with E-state index in [4.69, 9.17) is 14.9 Å². The summed E-state index contributed by atoms with van der Waals surface area (Å²) in [5, 5.41) is 7.57. The molecule has 2 atom stereocenters. The molecule has 4 radical (unpaired) electrons. The van der Waals surface area contributed by atoms with E-state index in [-0.39, 0.29) is 125 Å². The Bertz CT molecular complexity index is 112. The summed E-state index contributed by atoms with van der Waals surface area (Å²) in [4.78, 5) is 15.4. The molecular weight excluding hydrogens is 274 g/mol. The summed E-state index contributed by atoms with van der Waals surface area (Å²) in [6.45, 7) is 1.93. The van der Waals surface area contributed by atoms with Crippen LogP contribution in [0.4, 0.5) is 0 Å². The zero-order valence-electron chi connectivity index (χ0n) is 9.27. The van der Waals surface area contributed by atoms with Crippen molar-refractivity contribution in [2.75, 3.05) is 6.61 Å². The molecule has 0 amide bonds. The van der Waals surface area contributed by atoms with Crippen molar-refractivity contribution in [3.63, 3.8) is 0 Å². The van der Waals surface area contributed by atoms with Gasteiger partial charge in [0.2, 0.25) is 0 Å². The smallest absolute Gasteiger partial charge is 0.323 e. The van der Waals surface area contributed by atoms with Crippen LogP contribution in [0.2, 0.25) is 0 Å². The Labute approximate surface area is 173 Å². The molecule has 0 saturated carbocycles. The van der Waals surface area contributed by atoms with E-state index in [9.17, 15) is 9.13 Å². The third-order valence-corrected chi connectivity index (χ3v) is 1.57. The Balaban J connectivity index is -0.0000000208. The van der Waals surface area contributed by atoms with Gasteiger partial charge in [0, 0.05) is 125 Å². The van der Waals surface area contributed by atoms with Crippen LogP contribution < -0.4 is 0 Å². The van der Waals surface area contributed by atoms with Crippen LogP contribution in [0.25, 0.3) is 0 Å². The third-order valence-electron chi connectivity index (χ3n) is 0.175. The van der Waals surface area contributed by atoms with Crippen LogP contribution in [-0.4, -0.2) is 140 Å². The van der Waals surface area contributed by atoms with Crippen molar-refractivity contribution in [3.8, 4) is 0 Å². The fourth-order valence-electron chi connectivity index (χ4n) is 0.0747. The van der Waals surface area contributed by atoms with Gasteiger partial charge in [-0.1, -0.05) is 0 Å². The van der Waals surface area contributed by atoms with Gasteiger partial charge in [-0.05, 0) is 6.92 Å². The van der Waals surface area contributed by atoms with Crippen LogP contribution in [0.5, 0.6) is 0 Å². The van der Waals surface area contributed by atoms with E-state index in [1.165, 1.54) is 0 Å². The fourth-order valence-corrected chi connectivity index (χ4v) is 0.672. The number of hydrogen-bond acceptors (Lipinski definition) is 4. The van der Waals surface area contributed by atoms with Gasteiger partial charge in [-0.3, -0.25) is 9.13 Å². The van der Waals surface area contributed by atoms with E-state index in [0.717, 1.165) is 0 Å². The minimum atomic E-state index is -3.20. The molecule has 14 heavy (non-hydrogen) atoms. The van der Waals surface area contributed by atoms with E-state index in [2.05, 4.69) is 4.31 Å². The average molecular weight is 284 g/mol. The number of aliphatic hydroxyl groups is 1. The maximum Gasteiger partial charge on any atom is 0.323 e. The molecule has 3 N–H and O–H groups in total. The van der Waals surface area contributed by atoms with Crippen LogP contribution >= 0.6 is 16.5 Å². The standard InChI is InChI=1S/C2H6O.4Na.H4O5P2/c1-2-3;;;;;1-6(2)5-7(3)4/h3H,2H2,1H3;;;;;6-7H,(H,1,2)(H,3,4). The zero-order chi connectivity index (χ0) is 8.57. The summed E-state index contributed by atoms with van der Waals surface area (Å²) in [6.07, 6.45) is 0. The molecule has 0 spiro atoms. The molecule has 0 rings (SSSR count). The molecule has 0 saturated heterocycles. The Morgan fingerprint density at radius 2 is 1.14 bits per heavy atom. The van der Waals surface area contributed by atoms with Crippen LogP contribution in [0, 0.1) is 0 Å². The zero-order valence-corrected chi connectivity index (χ0v) is 19.3. The van der Waals surface area contributed by atoms with Gasteiger partial charge in [0.1, 0.15) is 0 Å². The molecule has 6 nitrogen and oxygen atoms in total. The largest absolute Gasteiger partial charge is 0.397 e. The van der Waals surface area contributed by atoms with Crippen molar-refractivity contribution in [3.05, 3.63) is 0 Å². The normalized spacial score (nSPS) is 10.6. The Morgan fingerprint density at radius 3 is 1.14 bits per heavy atom. The Hall–Kier alpha value is 4.30. The summed E-state index contributed by atoms with van der Waals surface area (Å²) in [6, 6.07) is 0. The number of rotatable bonds is 2. The van der Waals surface area contributed by atoms with Crippen LogP contribution in [0.3, 0.4) is 0 Å². The average Bonchev–Trinajstić information content (AvgIpc) is 1.62. The Morgan fingerprint density at radius 1 is 1.00 bits per heavy atom. The van der Waals surface area contributed by atoms with Crippen LogP contribution in [0.1, 0.15) is 6.92 Å². The topological polar surface area (TPSA) is 104 Å². The van der Waals surface area contributed by atoms with Crippen molar-refractivity contribution in [2.24, 2.45) is 0 Å². The van der Waals surface area contributed by atoms with Gasteiger partial charge in [0.25, 0.3) is 0 Å². The molecule has 12 heteroatoms. The molecule has 0 aromatic rings. The van der Waals surface area contributed by atoms with E-state index < -0.39 is 16.5 Å². The minimum Gasteiger partial charge on any atom is -0.397 e. The van der Waals surface area contributed by atoms with E-state index in [0.29, 0.717) is 0 Å². The molecule has 0 aromatic carbocycles. The monoisotopic (exact) mass is 284 g/mol. The fraction of sp³-hybridized carbons (Fsp3) is 1.00. The Kier molecular flexibility index (Phi) is 78.6. The second-order valence-corrected chi connectivity index (χ2v) is 2.83. The first kappa shape index (κ1) is 36.2. The second kappa shape index (κ2) is 30.4. The molecule has 0 aliphatic carbocycles. The van der Waals surface area contributed by atoms with E-state index in [1.54, 1.807) is 6.92 Å². The number of hydrogen-bond donors (Lipinski definition) is 3. The SMILES string of the molecule is CCO.O=[PH](O)O[PH](=O)O.[Na].[Na].[Na].[Na]. The van der Waals surface area contributed by atoms with Gasteiger partial charge >= 0.3 is 16.5 Å². The first-order chi connectivity index (χ1) is 4.54. The summed E-state index contributed by atoms with van der Waals surface area (Å²) in [5.74, 6) is 0. The van der Waals surface area contributed by atoms with Gasteiger partial charge in [0.15, 0.2) is 0 Å². The first-order valence-corrected chi connectivity index (χ1v) is 4.81. The molecular formula is C2H10Na4O6P2. The molecule has 0 heterocycles. The van der Waals surface area contributed by atoms with Crippen molar-refractivity contribution in [1.82, 2.24) is 0 Å². The summed E-state index contributed by atoms with van der Waals surface area (Å²) < 4.78 is 22.3. The van der Waals surface area contributed by atoms with Gasteiger partial charge in [-0.25, -0.2) is 4.31 Å². The van der Waals surface area contributed by atoms with Crippen LogP contribution in [-0.2, 0) is 13.4 Å². The summed E-state index contributed by atoms with van der Waals surface area (Å²) >= 11 is 0. The maximum absolute atomic E-state index is 9.44. The molecule has 0 aliphatic rings. The summed E-state index contributed by atoms with van der Waals surface area (Å²) in [7, 11) is -6.40. The van der Waals surface area contributed by atoms with Gasteiger partial charge in [-0.2, -0.15) is 0 Å². The third kappa shape index (κ3) is 55.4. The maximum atomic E-state index is 9.44. The summed E-state index contributed by atoms with van der Waals surface area (Å²) in [5.41, 5.74) is 0. The van der Waals surface area contributed by atoms with E-state index in [1.807, 2.05) is 0 Å². The van der Waals surface area contributed by atoms with Gasteiger partial charge < -0.3 is 14.9 Å². The molecule has 0 fully saturated rings.